The van der Waals surface area contributed by atoms with Gasteiger partial charge in [-0.1, -0.05) is 30.1 Å². The summed E-state index contributed by atoms with van der Waals surface area (Å²) < 4.78 is 12.3. The van der Waals surface area contributed by atoms with Crippen LogP contribution in [0.25, 0.3) is 16.9 Å². The standard InChI is InChI=1S/C21H21Cl2N3O3/c1-4-9-24-21(27)19-12-18(15-7-6-14(28-2)11-20(15)29-3)25-26(19)13-5-8-16(22)17(23)10-13/h5-8,10-12H,4,9H2,1-3H3,(H,24,27). The van der Waals surface area contributed by atoms with Gasteiger partial charge in [0.1, 0.15) is 17.2 Å². The molecule has 1 N–H and O–H groups in total. The van der Waals surface area contributed by atoms with Crippen molar-refractivity contribution in [3.63, 3.8) is 0 Å². The molecule has 0 aliphatic carbocycles. The van der Waals surface area contributed by atoms with Crippen molar-refractivity contribution in [3.05, 3.63) is 58.2 Å². The topological polar surface area (TPSA) is 65.4 Å². The van der Waals surface area contributed by atoms with Crippen LogP contribution in [0.3, 0.4) is 0 Å². The van der Waals surface area contributed by atoms with Crippen molar-refractivity contribution in [2.24, 2.45) is 0 Å². The molecule has 0 fully saturated rings. The van der Waals surface area contributed by atoms with Gasteiger partial charge >= 0.3 is 0 Å². The average molecular weight is 434 g/mol. The van der Waals surface area contributed by atoms with E-state index in [0.29, 0.717) is 45.2 Å². The quantitative estimate of drug-likeness (QED) is 0.568. The van der Waals surface area contributed by atoms with Crippen molar-refractivity contribution < 1.29 is 14.3 Å². The van der Waals surface area contributed by atoms with Gasteiger partial charge in [-0.15, -0.1) is 0 Å². The van der Waals surface area contributed by atoms with E-state index in [4.69, 9.17) is 32.7 Å². The van der Waals surface area contributed by atoms with Crippen LogP contribution in [0.5, 0.6) is 11.5 Å². The lowest BCUT2D eigenvalue weighted by molar-refractivity contribution is 0.0946. The summed E-state index contributed by atoms with van der Waals surface area (Å²) in [5, 5.41) is 8.34. The maximum atomic E-state index is 12.8. The third-order valence-electron chi connectivity index (χ3n) is 4.31. The van der Waals surface area contributed by atoms with Gasteiger partial charge < -0.3 is 14.8 Å². The number of nitrogens with zero attached hydrogens (tertiary/aromatic N) is 2. The second kappa shape index (κ2) is 9.20. The molecular weight excluding hydrogens is 413 g/mol. The fraction of sp³-hybridized carbons (Fsp3) is 0.238. The number of benzene rings is 2. The van der Waals surface area contributed by atoms with Gasteiger partial charge in [0.05, 0.1) is 35.6 Å². The van der Waals surface area contributed by atoms with Crippen molar-refractivity contribution in [2.45, 2.75) is 13.3 Å². The molecule has 3 aromatic rings. The van der Waals surface area contributed by atoms with Gasteiger partial charge in [-0.3, -0.25) is 4.79 Å². The molecule has 3 rings (SSSR count). The predicted octanol–water partition coefficient (Wildman–Crippen LogP) is 5.00. The summed E-state index contributed by atoms with van der Waals surface area (Å²) in [5.41, 5.74) is 2.32. The minimum Gasteiger partial charge on any atom is -0.497 e. The molecule has 0 saturated carbocycles. The first-order chi connectivity index (χ1) is 14.0. The van der Waals surface area contributed by atoms with E-state index in [1.54, 1.807) is 49.2 Å². The van der Waals surface area contributed by atoms with Crippen LogP contribution in [-0.4, -0.2) is 36.5 Å². The second-order valence-electron chi connectivity index (χ2n) is 6.25. The third-order valence-corrected chi connectivity index (χ3v) is 5.05. The Hall–Kier alpha value is -2.70. The Kier molecular flexibility index (Phi) is 6.67. The van der Waals surface area contributed by atoms with Crippen molar-refractivity contribution in [1.29, 1.82) is 0 Å². The minimum atomic E-state index is -0.232. The van der Waals surface area contributed by atoms with Crippen LogP contribution >= 0.6 is 23.2 Å². The molecule has 8 heteroatoms. The Labute approximate surface area is 179 Å². The lowest BCUT2D eigenvalue weighted by atomic mass is 10.1. The molecule has 1 heterocycles. The van der Waals surface area contributed by atoms with Crippen molar-refractivity contribution >= 4 is 29.1 Å². The van der Waals surface area contributed by atoms with Crippen LogP contribution in [-0.2, 0) is 0 Å². The van der Waals surface area contributed by atoms with Crippen LogP contribution in [0.15, 0.2) is 42.5 Å². The Morgan fingerprint density at radius 2 is 1.86 bits per heavy atom. The first-order valence-electron chi connectivity index (χ1n) is 9.04. The molecule has 0 aliphatic rings. The molecule has 0 bridgehead atoms. The molecule has 0 unspecified atom stereocenters. The summed E-state index contributed by atoms with van der Waals surface area (Å²) in [6.07, 6.45) is 0.825. The highest BCUT2D eigenvalue weighted by atomic mass is 35.5. The Morgan fingerprint density at radius 1 is 1.07 bits per heavy atom. The minimum absolute atomic E-state index is 0.232. The van der Waals surface area contributed by atoms with Gasteiger partial charge in [0.25, 0.3) is 5.91 Å². The largest absolute Gasteiger partial charge is 0.497 e. The highest BCUT2D eigenvalue weighted by molar-refractivity contribution is 6.42. The fourth-order valence-corrected chi connectivity index (χ4v) is 3.12. The van der Waals surface area contributed by atoms with Gasteiger partial charge in [-0.2, -0.15) is 5.10 Å². The van der Waals surface area contributed by atoms with Gasteiger partial charge in [0, 0.05) is 18.2 Å². The van der Waals surface area contributed by atoms with Crippen LogP contribution in [0, 0.1) is 0 Å². The molecule has 0 aliphatic heterocycles. The molecular formula is C21H21Cl2N3O3. The summed E-state index contributed by atoms with van der Waals surface area (Å²) in [7, 11) is 3.16. The highest BCUT2D eigenvalue weighted by Gasteiger charge is 2.20. The van der Waals surface area contributed by atoms with E-state index in [2.05, 4.69) is 10.4 Å². The maximum absolute atomic E-state index is 12.8. The normalized spacial score (nSPS) is 10.7. The zero-order valence-electron chi connectivity index (χ0n) is 16.3. The highest BCUT2D eigenvalue weighted by Crippen LogP contribution is 2.34. The molecule has 2 aromatic carbocycles. The maximum Gasteiger partial charge on any atom is 0.270 e. The summed E-state index contributed by atoms with van der Waals surface area (Å²) in [6, 6.07) is 12.2. The number of rotatable bonds is 7. The van der Waals surface area contributed by atoms with Crippen molar-refractivity contribution in [2.75, 3.05) is 20.8 Å². The van der Waals surface area contributed by atoms with Gasteiger partial charge in [-0.25, -0.2) is 4.68 Å². The van der Waals surface area contributed by atoms with E-state index in [1.807, 2.05) is 19.1 Å². The van der Waals surface area contributed by atoms with Gasteiger partial charge in [-0.05, 0) is 42.8 Å². The van der Waals surface area contributed by atoms with Crippen LogP contribution in [0.4, 0.5) is 0 Å². The smallest absolute Gasteiger partial charge is 0.270 e. The molecule has 1 aromatic heterocycles. The van der Waals surface area contributed by atoms with E-state index in [0.717, 1.165) is 12.0 Å². The molecule has 152 valence electrons. The van der Waals surface area contributed by atoms with Gasteiger partial charge in [0.2, 0.25) is 0 Å². The lowest BCUT2D eigenvalue weighted by Crippen LogP contribution is -2.26. The zero-order chi connectivity index (χ0) is 21.0. The zero-order valence-corrected chi connectivity index (χ0v) is 17.8. The number of amides is 1. The number of nitrogens with one attached hydrogen (secondary N) is 1. The van der Waals surface area contributed by atoms with E-state index in [9.17, 15) is 4.79 Å². The molecule has 0 radical (unpaired) electrons. The third kappa shape index (κ3) is 4.49. The number of halogens is 2. The van der Waals surface area contributed by atoms with E-state index >= 15 is 0 Å². The summed E-state index contributed by atoms with van der Waals surface area (Å²) >= 11 is 12.2. The molecule has 0 spiro atoms. The molecule has 0 atom stereocenters. The Bertz CT molecular complexity index is 1030. The first-order valence-corrected chi connectivity index (χ1v) is 9.80. The van der Waals surface area contributed by atoms with Crippen LogP contribution in [0.2, 0.25) is 10.0 Å². The number of aromatic nitrogens is 2. The number of hydrogen-bond donors (Lipinski definition) is 1. The number of ether oxygens (including phenoxy) is 2. The number of carbonyl (C=O) groups is 1. The Morgan fingerprint density at radius 3 is 2.52 bits per heavy atom. The first kappa shape index (κ1) is 21.0. The summed E-state index contributed by atoms with van der Waals surface area (Å²) in [5.74, 6) is 1.02. The molecule has 29 heavy (non-hydrogen) atoms. The molecule has 6 nitrogen and oxygen atoms in total. The molecule has 0 saturated heterocycles. The predicted molar refractivity (Wildman–Crippen MR) is 115 cm³/mol. The Balaban J connectivity index is 2.14. The van der Waals surface area contributed by atoms with Crippen molar-refractivity contribution in [3.8, 4) is 28.4 Å². The number of carbonyl (C=O) groups excluding carboxylic acids is 1. The number of hydrogen-bond acceptors (Lipinski definition) is 4. The second-order valence-corrected chi connectivity index (χ2v) is 7.06. The molecule has 1 amide bonds. The summed E-state index contributed by atoms with van der Waals surface area (Å²) in [4.78, 5) is 12.8. The lowest BCUT2D eigenvalue weighted by Gasteiger charge is -2.09. The fourth-order valence-electron chi connectivity index (χ4n) is 2.83. The van der Waals surface area contributed by atoms with Crippen LogP contribution in [0.1, 0.15) is 23.8 Å². The average Bonchev–Trinajstić information content (AvgIpc) is 3.18. The monoisotopic (exact) mass is 433 g/mol. The van der Waals surface area contributed by atoms with Crippen LogP contribution < -0.4 is 14.8 Å². The van der Waals surface area contributed by atoms with Crippen molar-refractivity contribution in [1.82, 2.24) is 15.1 Å². The SMILES string of the molecule is CCCNC(=O)c1cc(-c2ccc(OC)cc2OC)nn1-c1ccc(Cl)c(Cl)c1. The number of methoxy groups -OCH3 is 2. The summed E-state index contributed by atoms with van der Waals surface area (Å²) in [6.45, 7) is 2.55. The van der Waals surface area contributed by atoms with Gasteiger partial charge in [0.15, 0.2) is 0 Å². The van der Waals surface area contributed by atoms with E-state index < -0.39 is 0 Å². The van der Waals surface area contributed by atoms with E-state index in [1.165, 1.54) is 0 Å². The van der Waals surface area contributed by atoms with E-state index in [-0.39, 0.29) is 5.91 Å².